The number of aryl methyl sites for hydroxylation is 1. The molecule has 0 unspecified atom stereocenters. The SMILES string of the molecule is CCCCN1CCN(c2ccc(Nc3ncc(C)c(Nc4ccc(Cl)c(NS(=O)(=O)C(C)(C)C)c4)n3)cc2F)CC1. The molecular formula is C29H39ClFN7O2S. The fraction of sp³-hybridized carbons (Fsp3) is 0.448. The summed E-state index contributed by atoms with van der Waals surface area (Å²) in [7, 11) is -3.67. The average molecular weight is 604 g/mol. The summed E-state index contributed by atoms with van der Waals surface area (Å²) in [6.07, 6.45) is 4.02. The van der Waals surface area contributed by atoms with Crippen molar-refractivity contribution in [2.24, 2.45) is 0 Å². The minimum absolute atomic E-state index is 0.259. The number of nitrogens with zero attached hydrogens (tertiary/aromatic N) is 4. The van der Waals surface area contributed by atoms with Crippen LogP contribution in [-0.2, 0) is 10.0 Å². The number of anilines is 6. The Labute approximate surface area is 247 Å². The van der Waals surface area contributed by atoms with E-state index in [1.54, 1.807) is 51.2 Å². The third-order valence-corrected chi connectivity index (χ3v) is 9.43. The molecule has 4 rings (SSSR count). The summed E-state index contributed by atoms with van der Waals surface area (Å²) >= 11 is 6.27. The predicted octanol–water partition coefficient (Wildman–Crippen LogP) is 6.53. The van der Waals surface area contributed by atoms with Gasteiger partial charge in [-0.2, -0.15) is 4.98 Å². The largest absolute Gasteiger partial charge is 0.367 e. The molecule has 0 amide bonds. The number of sulfonamides is 1. The normalized spacial score (nSPS) is 14.7. The molecule has 2 aromatic carbocycles. The van der Waals surface area contributed by atoms with E-state index >= 15 is 4.39 Å². The van der Waals surface area contributed by atoms with Crippen molar-refractivity contribution in [2.45, 2.75) is 52.2 Å². The second-order valence-electron chi connectivity index (χ2n) is 11.2. The van der Waals surface area contributed by atoms with Crippen molar-refractivity contribution in [1.29, 1.82) is 0 Å². The van der Waals surface area contributed by atoms with Gasteiger partial charge in [0.2, 0.25) is 16.0 Å². The lowest BCUT2D eigenvalue weighted by Crippen LogP contribution is -2.46. The maximum Gasteiger partial charge on any atom is 0.237 e. The lowest BCUT2D eigenvalue weighted by molar-refractivity contribution is 0.253. The number of unbranched alkanes of at least 4 members (excludes halogenated alkanes) is 1. The van der Waals surface area contributed by atoms with Crippen LogP contribution in [0, 0.1) is 12.7 Å². The fourth-order valence-electron chi connectivity index (χ4n) is 4.31. The van der Waals surface area contributed by atoms with Crippen LogP contribution in [0.4, 0.5) is 38.9 Å². The van der Waals surface area contributed by atoms with E-state index in [9.17, 15) is 8.42 Å². The van der Waals surface area contributed by atoms with E-state index in [0.29, 0.717) is 22.9 Å². The molecule has 1 aliphatic rings. The molecular weight excluding hydrogens is 565 g/mol. The Hall–Kier alpha value is -3.15. The molecule has 0 radical (unpaired) electrons. The van der Waals surface area contributed by atoms with Gasteiger partial charge in [-0.1, -0.05) is 24.9 Å². The molecule has 2 heterocycles. The smallest absolute Gasteiger partial charge is 0.237 e. The van der Waals surface area contributed by atoms with Crippen LogP contribution in [0.2, 0.25) is 5.02 Å². The van der Waals surface area contributed by atoms with Crippen LogP contribution in [-0.4, -0.2) is 60.8 Å². The van der Waals surface area contributed by atoms with Crippen LogP contribution in [0.1, 0.15) is 46.1 Å². The van der Waals surface area contributed by atoms with Crippen molar-refractivity contribution in [2.75, 3.05) is 53.0 Å². The Morgan fingerprint density at radius 1 is 1.02 bits per heavy atom. The van der Waals surface area contributed by atoms with Gasteiger partial charge in [-0.15, -0.1) is 0 Å². The first-order chi connectivity index (χ1) is 19.4. The summed E-state index contributed by atoms with van der Waals surface area (Å²) in [6.45, 7) is 13.4. The van der Waals surface area contributed by atoms with Crippen LogP contribution >= 0.6 is 11.6 Å². The van der Waals surface area contributed by atoms with E-state index in [2.05, 4.69) is 42.0 Å². The monoisotopic (exact) mass is 603 g/mol. The zero-order valence-corrected chi connectivity index (χ0v) is 25.8. The number of piperazine rings is 1. The molecule has 222 valence electrons. The topological polar surface area (TPSA) is 102 Å². The van der Waals surface area contributed by atoms with E-state index in [1.165, 1.54) is 18.9 Å². The van der Waals surface area contributed by atoms with Crippen molar-refractivity contribution in [3.63, 3.8) is 0 Å². The number of halogens is 2. The van der Waals surface area contributed by atoms with Gasteiger partial charge in [0.1, 0.15) is 11.6 Å². The van der Waals surface area contributed by atoms with Crippen LogP contribution in [0.15, 0.2) is 42.6 Å². The van der Waals surface area contributed by atoms with Crippen molar-refractivity contribution >= 4 is 56.1 Å². The molecule has 3 N–H and O–H groups in total. The molecule has 1 aliphatic heterocycles. The molecule has 1 fully saturated rings. The van der Waals surface area contributed by atoms with Crippen LogP contribution in [0.3, 0.4) is 0 Å². The molecule has 1 saturated heterocycles. The molecule has 41 heavy (non-hydrogen) atoms. The number of benzene rings is 2. The molecule has 1 aromatic heterocycles. The van der Waals surface area contributed by atoms with Crippen molar-refractivity contribution in [3.8, 4) is 0 Å². The average Bonchev–Trinajstić information content (AvgIpc) is 2.91. The molecule has 0 spiro atoms. The molecule has 0 bridgehead atoms. The van der Waals surface area contributed by atoms with E-state index in [4.69, 9.17) is 11.6 Å². The summed E-state index contributed by atoms with van der Waals surface area (Å²) in [6, 6.07) is 10.0. The number of aromatic nitrogens is 2. The molecule has 0 aliphatic carbocycles. The number of rotatable bonds is 10. The number of hydrogen-bond donors (Lipinski definition) is 3. The number of hydrogen-bond acceptors (Lipinski definition) is 8. The summed E-state index contributed by atoms with van der Waals surface area (Å²) in [5.74, 6) is 0.499. The molecule has 9 nitrogen and oxygen atoms in total. The van der Waals surface area contributed by atoms with Gasteiger partial charge in [-0.25, -0.2) is 17.8 Å². The first-order valence-corrected chi connectivity index (χ1v) is 15.7. The van der Waals surface area contributed by atoms with E-state index in [1.807, 2.05) is 13.0 Å². The van der Waals surface area contributed by atoms with Crippen molar-refractivity contribution in [3.05, 3.63) is 59.0 Å². The van der Waals surface area contributed by atoms with Crippen molar-refractivity contribution in [1.82, 2.24) is 14.9 Å². The minimum atomic E-state index is -3.67. The Balaban J connectivity index is 1.45. The zero-order valence-electron chi connectivity index (χ0n) is 24.3. The van der Waals surface area contributed by atoms with Gasteiger partial charge >= 0.3 is 0 Å². The van der Waals surface area contributed by atoms with Gasteiger partial charge in [0.05, 0.1) is 21.1 Å². The maximum absolute atomic E-state index is 15.1. The Morgan fingerprint density at radius 3 is 2.37 bits per heavy atom. The van der Waals surface area contributed by atoms with Crippen LogP contribution in [0.25, 0.3) is 0 Å². The summed E-state index contributed by atoms with van der Waals surface area (Å²) in [5, 5.41) is 6.56. The predicted molar refractivity (Wildman–Crippen MR) is 167 cm³/mol. The van der Waals surface area contributed by atoms with Gasteiger partial charge in [0.25, 0.3) is 0 Å². The Bertz CT molecular complexity index is 1470. The van der Waals surface area contributed by atoms with E-state index < -0.39 is 14.8 Å². The van der Waals surface area contributed by atoms with Gasteiger partial charge in [-0.3, -0.25) is 9.62 Å². The Morgan fingerprint density at radius 2 is 1.71 bits per heavy atom. The number of nitrogens with one attached hydrogen (secondary N) is 3. The van der Waals surface area contributed by atoms with Crippen LogP contribution < -0.4 is 20.3 Å². The fourth-order valence-corrected chi connectivity index (χ4v) is 5.29. The maximum atomic E-state index is 15.1. The lowest BCUT2D eigenvalue weighted by Gasteiger charge is -2.36. The second kappa shape index (κ2) is 12.8. The van der Waals surface area contributed by atoms with Gasteiger partial charge in [0.15, 0.2) is 0 Å². The van der Waals surface area contributed by atoms with E-state index in [-0.39, 0.29) is 22.5 Å². The van der Waals surface area contributed by atoms with Gasteiger partial charge < -0.3 is 15.5 Å². The third kappa shape index (κ3) is 7.78. The zero-order chi connectivity index (χ0) is 29.8. The third-order valence-electron chi connectivity index (χ3n) is 7.00. The van der Waals surface area contributed by atoms with Gasteiger partial charge in [0, 0.05) is 49.3 Å². The summed E-state index contributed by atoms with van der Waals surface area (Å²) in [4.78, 5) is 13.4. The highest BCUT2D eigenvalue weighted by atomic mass is 35.5. The quantitative estimate of drug-likeness (QED) is 0.240. The van der Waals surface area contributed by atoms with E-state index in [0.717, 1.165) is 38.3 Å². The Kier molecular flexibility index (Phi) is 9.61. The lowest BCUT2D eigenvalue weighted by atomic mass is 10.2. The highest BCUT2D eigenvalue weighted by molar-refractivity contribution is 7.94. The highest BCUT2D eigenvalue weighted by Crippen LogP contribution is 2.31. The molecule has 12 heteroatoms. The molecule has 3 aromatic rings. The van der Waals surface area contributed by atoms with Gasteiger partial charge in [-0.05, 0) is 77.1 Å². The van der Waals surface area contributed by atoms with Crippen molar-refractivity contribution < 1.29 is 12.8 Å². The summed E-state index contributed by atoms with van der Waals surface area (Å²) < 4.78 is 42.0. The molecule has 0 saturated carbocycles. The first kappa shape index (κ1) is 30.8. The first-order valence-electron chi connectivity index (χ1n) is 13.8. The standard InChI is InChI=1S/C29H39ClFN7O2S/c1-6-7-12-37-13-15-38(16-14-37)26-11-9-21(17-24(26)31)34-28-32-19-20(2)27(35-28)33-22-8-10-23(30)25(18-22)36-41(39,40)29(3,4)5/h8-11,17-19,36H,6-7,12-16H2,1-5H3,(H2,32,33,34,35). The minimum Gasteiger partial charge on any atom is -0.367 e. The second-order valence-corrected chi connectivity index (χ2v) is 14.1. The summed E-state index contributed by atoms with van der Waals surface area (Å²) in [5.41, 5.74) is 2.74. The van der Waals surface area contributed by atoms with Crippen LogP contribution in [0.5, 0.6) is 0 Å². The highest BCUT2D eigenvalue weighted by Gasteiger charge is 2.29. The molecule has 0 atom stereocenters.